The highest BCUT2D eigenvalue weighted by atomic mass is 32.2. The average Bonchev–Trinajstić information content (AvgIpc) is 2.51. The van der Waals surface area contributed by atoms with Gasteiger partial charge in [0.25, 0.3) is 0 Å². The SMILES string of the molecule is CC(C)/C(=C\C1CCSC1)CO. The Morgan fingerprint density at radius 1 is 1.67 bits per heavy atom. The molecular formula is C10H18OS. The van der Waals surface area contributed by atoms with Gasteiger partial charge in [0.1, 0.15) is 0 Å². The third-order valence-corrected chi connectivity index (χ3v) is 3.53. The Hall–Kier alpha value is 0.0500. The highest BCUT2D eigenvalue weighted by Gasteiger charge is 2.14. The Kier molecular flexibility index (Phi) is 4.16. The van der Waals surface area contributed by atoms with Crippen LogP contribution in [0.2, 0.25) is 0 Å². The van der Waals surface area contributed by atoms with Gasteiger partial charge < -0.3 is 5.11 Å². The molecule has 1 heterocycles. The van der Waals surface area contributed by atoms with Crippen LogP contribution in [-0.4, -0.2) is 23.2 Å². The summed E-state index contributed by atoms with van der Waals surface area (Å²) < 4.78 is 0. The molecule has 1 aliphatic heterocycles. The minimum Gasteiger partial charge on any atom is -0.392 e. The minimum absolute atomic E-state index is 0.235. The van der Waals surface area contributed by atoms with Crippen LogP contribution in [0.4, 0.5) is 0 Å². The van der Waals surface area contributed by atoms with Gasteiger partial charge in [-0.25, -0.2) is 0 Å². The van der Waals surface area contributed by atoms with Crippen molar-refractivity contribution in [3.05, 3.63) is 11.6 Å². The molecular weight excluding hydrogens is 168 g/mol. The van der Waals surface area contributed by atoms with Crippen LogP contribution in [0.15, 0.2) is 11.6 Å². The summed E-state index contributed by atoms with van der Waals surface area (Å²) in [7, 11) is 0. The molecule has 1 rings (SSSR count). The molecule has 1 saturated heterocycles. The third-order valence-electron chi connectivity index (χ3n) is 2.34. The zero-order chi connectivity index (χ0) is 8.97. The molecule has 1 nitrogen and oxygen atoms in total. The molecule has 0 amide bonds. The van der Waals surface area contributed by atoms with E-state index in [1.807, 2.05) is 11.8 Å². The Bertz CT molecular complexity index is 157. The van der Waals surface area contributed by atoms with Crippen LogP contribution < -0.4 is 0 Å². The summed E-state index contributed by atoms with van der Waals surface area (Å²) in [5.74, 6) is 3.76. The lowest BCUT2D eigenvalue weighted by molar-refractivity contribution is 0.317. The van der Waals surface area contributed by atoms with Crippen LogP contribution in [0.5, 0.6) is 0 Å². The van der Waals surface area contributed by atoms with Gasteiger partial charge in [0, 0.05) is 0 Å². The minimum atomic E-state index is 0.235. The summed E-state index contributed by atoms with van der Waals surface area (Å²) in [5.41, 5.74) is 1.21. The maximum Gasteiger partial charge on any atom is 0.0644 e. The van der Waals surface area contributed by atoms with Crippen LogP contribution in [0.1, 0.15) is 20.3 Å². The van der Waals surface area contributed by atoms with Crippen LogP contribution in [-0.2, 0) is 0 Å². The van der Waals surface area contributed by atoms with E-state index in [0.29, 0.717) is 5.92 Å². The van der Waals surface area contributed by atoms with Gasteiger partial charge in [0.15, 0.2) is 0 Å². The van der Waals surface area contributed by atoms with Gasteiger partial charge in [-0.1, -0.05) is 19.9 Å². The van der Waals surface area contributed by atoms with Crippen molar-refractivity contribution in [2.45, 2.75) is 20.3 Å². The van der Waals surface area contributed by atoms with Gasteiger partial charge in [-0.2, -0.15) is 11.8 Å². The number of hydrogen-bond acceptors (Lipinski definition) is 2. The van der Waals surface area contributed by atoms with Crippen molar-refractivity contribution in [1.29, 1.82) is 0 Å². The number of allylic oxidation sites excluding steroid dienone is 1. The molecule has 1 aliphatic rings. The summed E-state index contributed by atoms with van der Waals surface area (Å²) in [4.78, 5) is 0. The fourth-order valence-corrected chi connectivity index (χ4v) is 2.62. The normalized spacial score (nSPS) is 25.3. The number of thioether (sulfide) groups is 1. The molecule has 2 heteroatoms. The molecule has 0 saturated carbocycles. The summed E-state index contributed by atoms with van der Waals surface area (Å²) in [6.07, 6.45) is 3.57. The van der Waals surface area contributed by atoms with Gasteiger partial charge >= 0.3 is 0 Å². The lowest BCUT2D eigenvalue weighted by Crippen LogP contribution is -2.03. The Morgan fingerprint density at radius 3 is 2.83 bits per heavy atom. The van der Waals surface area contributed by atoms with E-state index in [-0.39, 0.29) is 6.61 Å². The van der Waals surface area contributed by atoms with Crippen molar-refractivity contribution in [1.82, 2.24) is 0 Å². The lowest BCUT2D eigenvalue weighted by atomic mass is 9.98. The lowest BCUT2D eigenvalue weighted by Gasteiger charge is -2.10. The van der Waals surface area contributed by atoms with Crippen LogP contribution >= 0.6 is 11.8 Å². The predicted octanol–water partition coefficient (Wildman–Crippen LogP) is 2.31. The molecule has 0 aromatic carbocycles. The molecule has 1 atom stereocenters. The van der Waals surface area contributed by atoms with Crippen molar-refractivity contribution < 1.29 is 5.11 Å². The monoisotopic (exact) mass is 186 g/mol. The molecule has 0 aromatic heterocycles. The molecule has 1 unspecified atom stereocenters. The third kappa shape index (κ3) is 2.83. The predicted molar refractivity (Wildman–Crippen MR) is 55.4 cm³/mol. The van der Waals surface area contributed by atoms with E-state index in [0.717, 1.165) is 5.92 Å². The topological polar surface area (TPSA) is 20.2 Å². The smallest absolute Gasteiger partial charge is 0.0644 e. The van der Waals surface area contributed by atoms with Gasteiger partial charge in [0.05, 0.1) is 6.61 Å². The molecule has 70 valence electrons. The Balaban J connectivity index is 2.50. The fraction of sp³-hybridized carbons (Fsp3) is 0.800. The molecule has 1 fully saturated rings. The van der Waals surface area contributed by atoms with Gasteiger partial charge in [-0.05, 0) is 35.3 Å². The first-order chi connectivity index (χ1) is 5.74. The van der Waals surface area contributed by atoms with E-state index in [1.165, 1.54) is 23.5 Å². The highest BCUT2D eigenvalue weighted by Crippen LogP contribution is 2.26. The summed E-state index contributed by atoms with van der Waals surface area (Å²) >= 11 is 2.02. The van der Waals surface area contributed by atoms with Crippen LogP contribution in [0.3, 0.4) is 0 Å². The first kappa shape index (κ1) is 10.1. The molecule has 0 radical (unpaired) electrons. The van der Waals surface area contributed by atoms with E-state index in [1.54, 1.807) is 0 Å². The maximum absolute atomic E-state index is 9.08. The Labute approximate surface area is 79.2 Å². The van der Waals surface area contributed by atoms with E-state index in [9.17, 15) is 0 Å². The average molecular weight is 186 g/mol. The quantitative estimate of drug-likeness (QED) is 0.683. The molecule has 12 heavy (non-hydrogen) atoms. The van der Waals surface area contributed by atoms with E-state index in [4.69, 9.17) is 5.11 Å². The molecule has 0 aliphatic carbocycles. The highest BCUT2D eigenvalue weighted by molar-refractivity contribution is 7.99. The number of aliphatic hydroxyl groups excluding tert-OH is 1. The van der Waals surface area contributed by atoms with Gasteiger partial charge in [-0.15, -0.1) is 0 Å². The Morgan fingerprint density at radius 2 is 2.42 bits per heavy atom. The zero-order valence-corrected chi connectivity index (χ0v) is 8.73. The first-order valence-electron chi connectivity index (χ1n) is 4.63. The summed E-state index contributed by atoms with van der Waals surface area (Å²) in [6.45, 7) is 4.52. The number of rotatable bonds is 3. The van der Waals surface area contributed by atoms with Crippen molar-refractivity contribution in [3.63, 3.8) is 0 Å². The van der Waals surface area contributed by atoms with Crippen molar-refractivity contribution in [2.75, 3.05) is 18.1 Å². The summed E-state index contributed by atoms with van der Waals surface area (Å²) in [6, 6.07) is 0. The second-order valence-corrected chi connectivity index (χ2v) is 4.83. The van der Waals surface area contributed by atoms with Crippen molar-refractivity contribution >= 4 is 11.8 Å². The van der Waals surface area contributed by atoms with Crippen LogP contribution in [0.25, 0.3) is 0 Å². The zero-order valence-electron chi connectivity index (χ0n) is 7.92. The summed E-state index contributed by atoms with van der Waals surface area (Å²) in [5, 5.41) is 9.08. The number of hydrogen-bond donors (Lipinski definition) is 1. The molecule has 0 bridgehead atoms. The second kappa shape index (κ2) is 4.93. The number of aliphatic hydroxyl groups is 1. The first-order valence-corrected chi connectivity index (χ1v) is 5.78. The largest absolute Gasteiger partial charge is 0.392 e. The fourth-order valence-electron chi connectivity index (χ4n) is 1.41. The molecule has 0 aromatic rings. The molecule has 1 N–H and O–H groups in total. The van der Waals surface area contributed by atoms with Gasteiger partial charge in [-0.3, -0.25) is 0 Å². The van der Waals surface area contributed by atoms with Crippen molar-refractivity contribution in [2.24, 2.45) is 11.8 Å². The van der Waals surface area contributed by atoms with E-state index >= 15 is 0 Å². The maximum atomic E-state index is 9.08. The van der Waals surface area contributed by atoms with Crippen LogP contribution in [0, 0.1) is 11.8 Å². The standard InChI is InChI=1S/C10H18OS/c1-8(2)10(6-11)5-9-3-4-12-7-9/h5,8-9,11H,3-4,6-7H2,1-2H3/b10-5-. The van der Waals surface area contributed by atoms with Gasteiger partial charge in [0.2, 0.25) is 0 Å². The van der Waals surface area contributed by atoms with E-state index < -0.39 is 0 Å². The molecule has 0 spiro atoms. The van der Waals surface area contributed by atoms with E-state index in [2.05, 4.69) is 19.9 Å². The second-order valence-electron chi connectivity index (χ2n) is 3.68. The van der Waals surface area contributed by atoms with Crippen molar-refractivity contribution in [3.8, 4) is 0 Å².